The standard InChI is InChI=1S/C51H32N4/c1-2-13-35(14-3-1)45-19-10-20-49(52-45)55-48-26-25-40(32-44(48)50-51(55)54-47-18-9-8-17-46(47)53-50)43-30-41(38-23-21-33-11-4-6-15-36(33)27-38)29-42(31-43)39-24-22-34-12-5-7-16-37(34)28-39/h1-32H. The highest BCUT2D eigenvalue weighted by molar-refractivity contribution is 6.09. The molecule has 0 radical (unpaired) electrons. The molecule has 0 N–H and O–H groups in total. The summed E-state index contributed by atoms with van der Waals surface area (Å²) in [5, 5.41) is 5.94. The minimum absolute atomic E-state index is 0.783. The molecule has 256 valence electrons. The quantitative estimate of drug-likeness (QED) is 0.179. The zero-order valence-electron chi connectivity index (χ0n) is 29.8. The number of aromatic nitrogens is 4. The molecule has 0 aliphatic rings. The lowest BCUT2D eigenvalue weighted by molar-refractivity contribution is 1.06. The van der Waals surface area contributed by atoms with Crippen LogP contribution in [0.25, 0.3) is 105 Å². The fraction of sp³-hybridized carbons (Fsp3) is 0. The van der Waals surface area contributed by atoms with Crippen LogP contribution < -0.4 is 0 Å². The Hall–Kier alpha value is -7.43. The molecule has 0 atom stereocenters. The third kappa shape index (κ3) is 5.43. The van der Waals surface area contributed by atoms with Gasteiger partial charge < -0.3 is 0 Å². The Bertz CT molecular complexity index is 3170. The van der Waals surface area contributed by atoms with Crippen LogP contribution in [0.5, 0.6) is 0 Å². The van der Waals surface area contributed by atoms with Crippen molar-refractivity contribution in [2.75, 3.05) is 0 Å². The summed E-state index contributed by atoms with van der Waals surface area (Å²) in [4.78, 5) is 15.6. The molecule has 0 saturated carbocycles. The Morgan fingerprint density at radius 3 is 1.53 bits per heavy atom. The van der Waals surface area contributed by atoms with Crippen LogP contribution in [0.4, 0.5) is 0 Å². The molecule has 4 heteroatoms. The van der Waals surface area contributed by atoms with Crippen molar-refractivity contribution in [1.82, 2.24) is 19.5 Å². The van der Waals surface area contributed by atoms with Gasteiger partial charge in [-0.1, -0.05) is 127 Å². The monoisotopic (exact) mass is 700 g/mol. The van der Waals surface area contributed by atoms with Crippen molar-refractivity contribution < 1.29 is 0 Å². The Balaban J connectivity index is 1.14. The highest BCUT2D eigenvalue weighted by Gasteiger charge is 2.19. The molecule has 55 heavy (non-hydrogen) atoms. The number of benzene rings is 8. The topological polar surface area (TPSA) is 43.6 Å². The average molecular weight is 701 g/mol. The highest BCUT2D eigenvalue weighted by atomic mass is 15.1. The summed E-state index contributed by atoms with van der Waals surface area (Å²) in [6.45, 7) is 0. The van der Waals surface area contributed by atoms with E-state index in [4.69, 9.17) is 15.0 Å². The predicted octanol–water partition coefficient (Wildman–Crippen LogP) is 13.1. The van der Waals surface area contributed by atoms with Gasteiger partial charge in [0.25, 0.3) is 0 Å². The van der Waals surface area contributed by atoms with Crippen molar-refractivity contribution in [1.29, 1.82) is 0 Å². The predicted molar refractivity (Wildman–Crippen MR) is 228 cm³/mol. The molecule has 0 fully saturated rings. The largest absolute Gasteiger partial charge is 0.276 e. The molecule has 0 aliphatic heterocycles. The van der Waals surface area contributed by atoms with Crippen molar-refractivity contribution in [2.45, 2.75) is 0 Å². The summed E-state index contributed by atoms with van der Waals surface area (Å²) in [5.41, 5.74) is 13.3. The first kappa shape index (κ1) is 31.1. The molecule has 0 saturated heterocycles. The molecule has 3 heterocycles. The van der Waals surface area contributed by atoms with Gasteiger partial charge >= 0.3 is 0 Å². The maximum Gasteiger partial charge on any atom is 0.166 e. The summed E-state index contributed by atoms with van der Waals surface area (Å²) in [6, 6.07) is 68.9. The van der Waals surface area contributed by atoms with Gasteiger partial charge in [0.2, 0.25) is 0 Å². The molecular weight excluding hydrogens is 669 g/mol. The minimum Gasteiger partial charge on any atom is -0.276 e. The third-order valence-electron chi connectivity index (χ3n) is 10.7. The second-order valence-corrected chi connectivity index (χ2v) is 14.1. The number of fused-ring (bicyclic) bond motifs is 6. The van der Waals surface area contributed by atoms with E-state index in [1.54, 1.807) is 0 Å². The van der Waals surface area contributed by atoms with E-state index in [0.717, 1.165) is 61.3 Å². The van der Waals surface area contributed by atoms with Crippen LogP contribution in [-0.4, -0.2) is 19.5 Å². The van der Waals surface area contributed by atoms with Crippen molar-refractivity contribution in [3.05, 3.63) is 194 Å². The fourth-order valence-electron chi connectivity index (χ4n) is 7.96. The van der Waals surface area contributed by atoms with Gasteiger partial charge in [-0.15, -0.1) is 0 Å². The van der Waals surface area contributed by atoms with E-state index in [2.05, 4.69) is 156 Å². The van der Waals surface area contributed by atoms with Crippen LogP contribution in [0.3, 0.4) is 0 Å². The Morgan fingerprint density at radius 2 is 0.873 bits per heavy atom. The summed E-state index contributed by atoms with van der Waals surface area (Å²) < 4.78 is 2.16. The average Bonchev–Trinajstić information content (AvgIpc) is 3.57. The maximum atomic E-state index is 5.24. The second kappa shape index (κ2) is 12.6. The van der Waals surface area contributed by atoms with Crippen molar-refractivity contribution in [3.63, 3.8) is 0 Å². The maximum absolute atomic E-state index is 5.24. The first-order valence-electron chi connectivity index (χ1n) is 18.6. The normalized spacial score (nSPS) is 11.6. The molecule has 0 unspecified atom stereocenters. The molecule has 0 spiro atoms. The smallest absolute Gasteiger partial charge is 0.166 e. The molecule has 0 bridgehead atoms. The van der Waals surface area contributed by atoms with Crippen molar-refractivity contribution >= 4 is 54.6 Å². The van der Waals surface area contributed by atoms with Gasteiger partial charge in [0.1, 0.15) is 11.3 Å². The molecule has 4 nitrogen and oxygen atoms in total. The van der Waals surface area contributed by atoms with Gasteiger partial charge in [-0.05, 0) is 122 Å². The van der Waals surface area contributed by atoms with Crippen LogP contribution in [0.15, 0.2) is 194 Å². The van der Waals surface area contributed by atoms with Crippen LogP contribution in [-0.2, 0) is 0 Å². The molecule has 0 aliphatic carbocycles. The summed E-state index contributed by atoms with van der Waals surface area (Å²) in [6.07, 6.45) is 0. The number of para-hydroxylation sites is 2. The van der Waals surface area contributed by atoms with Gasteiger partial charge in [-0.3, -0.25) is 4.57 Å². The minimum atomic E-state index is 0.783. The SMILES string of the molecule is c1ccc(-c2cccc(-n3c4ccc(-c5cc(-c6ccc7ccccc7c6)cc(-c6ccc7ccccc7c6)c5)cc4c4nc5ccccc5nc43)n2)cc1. The number of nitrogens with zero attached hydrogens (tertiary/aromatic N) is 4. The first-order chi connectivity index (χ1) is 27.2. The molecule has 0 amide bonds. The molecule has 11 rings (SSSR count). The number of pyridine rings is 1. The van der Waals surface area contributed by atoms with Gasteiger partial charge in [0.15, 0.2) is 5.65 Å². The van der Waals surface area contributed by atoms with Crippen LogP contribution in [0.2, 0.25) is 0 Å². The summed E-state index contributed by atoms with van der Waals surface area (Å²) in [5.74, 6) is 0.801. The zero-order chi connectivity index (χ0) is 36.3. The van der Waals surface area contributed by atoms with Gasteiger partial charge in [-0.2, -0.15) is 0 Å². The van der Waals surface area contributed by atoms with E-state index in [1.165, 1.54) is 43.8 Å². The van der Waals surface area contributed by atoms with Crippen LogP contribution in [0, 0.1) is 0 Å². The van der Waals surface area contributed by atoms with E-state index in [9.17, 15) is 0 Å². The van der Waals surface area contributed by atoms with Crippen LogP contribution >= 0.6 is 0 Å². The Morgan fingerprint density at radius 1 is 0.327 bits per heavy atom. The fourth-order valence-corrected chi connectivity index (χ4v) is 7.96. The zero-order valence-corrected chi connectivity index (χ0v) is 29.8. The summed E-state index contributed by atoms with van der Waals surface area (Å²) >= 11 is 0. The Labute approximate surface area is 317 Å². The number of hydrogen-bond donors (Lipinski definition) is 0. The molecule has 3 aromatic heterocycles. The number of hydrogen-bond acceptors (Lipinski definition) is 3. The lowest BCUT2D eigenvalue weighted by atomic mass is 9.91. The molecule has 11 aromatic rings. The lowest BCUT2D eigenvalue weighted by Gasteiger charge is -2.13. The summed E-state index contributed by atoms with van der Waals surface area (Å²) in [7, 11) is 0. The van der Waals surface area contributed by atoms with E-state index in [0.29, 0.717) is 0 Å². The lowest BCUT2D eigenvalue weighted by Crippen LogP contribution is -2.00. The number of rotatable bonds is 5. The molecule has 8 aromatic carbocycles. The highest BCUT2D eigenvalue weighted by Crippen LogP contribution is 2.38. The Kier molecular flexibility index (Phi) is 7.14. The van der Waals surface area contributed by atoms with Crippen molar-refractivity contribution in [3.8, 4) is 50.5 Å². The van der Waals surface area contributed by atoms with Crippen molar-refractivity contribution in [2.24, 2.45) is 0 Å². The molecular formula is C51H32N4. The first-order valence-corrected chi connectivity index (χ1v) is 18.6. The van der Waals surface area contributed by atoms with Gasteiger partial charge in [-0.25, -0.2) is 15.0 Å². The third-order valence-corrected chi connectivity index (χ3v) is 10.7. The second-order valence-electron chi connectivity index (χ2n) is 14.1. The van der Waals surface area contributed by atoms with E-state index < -0.39 is 0 Å². The van der Waals surface area contributed by atoms with E-state index >= 15 is 0 Å². The van der Waals surface area contributed by atoms with Gasteiger partial charge in [0.05, 0.1) is 22.2 Å². The van der Waals surface area contributed by atoms with Crippen LogP contribution in [0.1, 0.15) is 0 Å². The van der Waals surface area contributed by atoms with Gasteiger partial charge in [0, 0.05) is 10.9 Å². The van der Waals surface area contributed by atoms with E-state index in [-0.39, 0.29) is 0 Å². The van der Waals surface area contributed by atoms with E-state index in [1.807, 2.05) is 42.5 Å².